The van der Waals surface area contributed by atoms with Gasteiger partial charge in [0.1, 0.15) is 0 Å². The van der Waals surface area contributed by atoms with Crippen molar-refractivity contribution < 1.29 is 0 Å². The van der Waals surface area contributed by atoms with Crippen LogP contribution in [0.1, 0.15) is 12.8 Å². The Hall–Kier alpha value is -0.980. The lowest BCUT2D eigenvalue weighted by Crippen LogP contribution is -2.13. The van der Waals surface area contributed by atoms with E-state index in [0.29, 0.717) is 0 Å². The predicted octanol–water partition coefficient (Wildman–Crippen LogP) is 1.76. The summed E-state index contributed by atoms with van der Waals surface area (Å²) >= 11 is 0. The molecule has 0 aromatic heterocycles. The minimum atomic E-state index is 0.975. The van der Waals surface area contributed by atoms with Crippen molar-refractivity contribution in [3.05, 3.63) is 35.6 Å². The Morgan fingerprint density at radius 3 is 3.20 bits per heavy atom. The van der Waals surface area contributed by atoms with Crippen molar-refractivity contribution in [2.24, 2.45) is 0 Å². The van der Waals surface area contributed by atoms with Crippen LogP contribution >= 0.6 is 0 Å². The van der Waals surface area contributed by atoms with Gasteiger partial charge in [-0.3, -0.25) is 5.32 Å². The van der Waals surface area contributed by atoms with E-state index in [1.54, 1.807) is 0 Å². The van der Waals surface area contributed by atoms with Crippen molar-refractivity contribution in [1.29, 1.82) is 0 Å². The fourth-order valence-corrected chi connectivity index (χ4v) is 1.31. The summed E-state index contributed by atoms with van der Waals surface area (Å²) in [5.74, 6) is 0. The molecular formula is C9H10N. The third kappa shape index (κ3) is 0.878. The third-order valence-corrected chi connectivity index (χ3v) is 1.82. The van der Waals surface area contributed by atoms with Crippen molar-refractivity contribution in [3.63, 3.8) is 0 Å². The molecule has 1 heteroatoms. The van der Waals surface area contributed by atoms with Gasteiger partial charge in [0.15, 0.2) is 0 Å². The van der Waals surface area contributed by atoms with Crippen molar-refractivity contribution in [2.45, 2.75) is 12.8 Å². The molecule has 0 N–H and O–H groups in total. The molecule has 1 radical (unpaired) electrons. The van der Waals surface area contributed by atoms with E-state index in [1.807, 2.05) is 0 Å². The zero-order valence-corrected chi connectivity index (χ0v) is 5.88. The van der Waals surface area contributed by atoms with E-state index < -0.39 is 0 Å². The van der Waals surface area contributed by atoms with E-state index >= 15 is 0 Å². The SMILES string of the molecule is C1=CC2=CCC[N]C2=CC1. The summed E-state index contributed by atoms with van der Waals surface area (Å²) in [7, 11) is 0. The lowest BCUT2D eigenvalue weighted by molar-refractivity contribution is 0.762. The van der Waals surface area contributed by atoms with Gasteiger partial charge >= 0.3 is 0 Å². The van der Waals surface area contributed by atoms with E-state index in [9.17, 15) is 0 Å². The van der Waals surface area contributed by atoms with Crippen molar-refractivity contribution in [3.8, 4) is 0 Å². The van der Waals surface area contributed by atoms with Crippen LogP contribution in [0.25, 0.3) is 0 Å². The molecule has 0 saturated heterocycles. The molecule has 0 fully saturated rings. The highest BCUT2D eigenvalue weighted by molar-refractivity contribution is 5.43. The molecule has 1 aliphatic heterocycles. The topological polar surface area (TPSA) is 14.1 Å². The first kappa shape index (κ1) is 5.78. The van der Waals surface area contributed by atoms with Gasteiger partial charge in [0.25, 0.3) is 0 Å². The van der Waals surface area contributed by atoms with E-state index in [2.05, 4.69) is 29.6 Å². The minimum absolute atomic E-state index is 0.975. The van der Waals surface area contributed by atoms with Crippen LogP contribution < -0.4 is 5.32 Å². The quantitative estimate of drug-likeness (QED) is 0.477. The molecule has 0 spiro atoms. The number of nitrogens with zero attached hydrogens (tertiary/aromatic N) is 1. The fourth-order valence-electron chi connectivity index (χ4n) is 1.31. The highest BCUT2D eigenvalue weighted by Crippen LogP contribution is 2.19. The monoisotopic (exact) mass is 132 g/mol. The Morgan fingerprint density at radius 1 is 1.30 bits per heavy atom. The predicted molar refractivity (Wildman–Crippen MR) is 41.5 cm³/mol. The van der Waals surface area contributed by atoms with Gasteiger partial charge in [-0.25, -0.2) is 0 Å². The molecular weight excluding hydrogens is 122 g/mol. The zero-order valence-electron chi connectivity index (χ0n) is 5.88. The van der Waals surface area contributed by atoms with Crippen LogP contribution in [0.3, 0.4) is 0 Å². The first-order valence-corrected chi connectivity index (χ1v) is 3.71. The molecule has 10 heavy (non-hydrogen) atoms. The van der Waals surface area contributed by atoms with Gasteiger partial charge in [-0.1, -0.05) is 24.3 Å². The zero-order chi connectivity index (χ0) is 6.81. The highest BCUT2D eigenvalue weighted by atomic mass is 14.9. The van der Waals surface area contributed by atoms with Crippen molar-refractivity contribution in [1.82, 2.24) is 5.32 Å². The second kappa shape index (κ2) is 2.33. The molecule has 0 aromatic carbocycles. The lowest BCUT2D eigenvalue weighted by atomic mass is 10.0. The van der Waals surface area contributed by atoms with Gasteiger partial charge in [0.2, 0.25) is 0 Å². The molecule has 0 bridgehead atoms. The molecule has 0 saturated carbocycles. The van der Waals surface area contributed by atoms with E-state index in [4.69, 9.17) is 0 Å². The summed E-state index contributed by atoms with van der Waals surface area (Å²) in [6.45, 7) is 0.975. The summed E-state index contributed by atoms with van der Waals surface area (Å²) in [6.07, 6.45) is 10.9. The van der Waals surface area contributed by atoms with Gasteiger partial charge in [0.05, 0.1) is 5.70 Å². The Labute approximate surface area is 61.1 Å². The van der Waals surface area contributed by atoms with E-state index in [-0.39, 0.29) is 0 Å². The van der Waals surface area contributed by atoms with Crippen LogP contribution in [0.4, 0.5) is 0 Å². The molecule has 51 valence electrons. The van der Waals surface area contributed by atoms with Gasteiger partial charge in [-0.2, -0.15) is 0 Å². The van der Waals surface area contributed by atoms with Gasteiger partial charge in [-0.15, -0.1) is 0 Å². The Balaban J connectivity index is 2.32. The molecule has 0 unspecified atom stereocenters. The van der Waals surface area contributed by atoms with Crippen LogP contribution in [0.2, 0.25) is 0 Å². The summed E-state index contributed by atoms with van der Waals surface area (Å²) in [5, 5.41) is 4.39. The summed E-state index contributed by atoms with van der Waals surface area (Å²) in [4.78, 5) is 0. The normalized spacial score (nSPS) is 22.4. The average molecular weight is 132 g/mol. The second-order valence-corrected chi connectivity index (χ2v) is 2.56. The van der Waals surface area contributed by atoms with Gasteiger partial charge in [0, 0.05) is 6.54 Å². The Morgan fingerprint density at radius 2 is 2.30 bits per heavy atom. The lowest BCUT2D eigenvalue weighted by Gasteiger charge is -2.16. The summed E-state index contributed by atoms with van der Waals surface area (Å²) in [5.41, 5.74) is 2.52. The third-order valence-electron chi connectivity index (χ3n) is 1.82. The molecule has 0 aromatic rings. The smallest absolute Gasteiger partial charge is 0.0606 e. The average Bonchev–Trinajstić information content (AvgIpc) is 2.05. The largest absolute Gasteiger partial charge is 0.285 e. The Kier molecular flexibility index (Phi) is 1.35. The minimum Gasteiger partial charge on any atom is -0.285 e. The maximum Gasteiger partial charge on any atom is 0.0606 e. The number of rotatable bonds is 0. The van der Waals surface area contributed by atoms with Gasteiger partial charge in [-0.05, 0) is 18.4 Å². The molecule has 0 atom stereocenters. The molecule has 0 amide bonds. The van der Waals surface area contributed by atoms with Crippen molar-refractivity contribution in [2.75, 3.05) is 6.54 Å². The molecule has 2 rings (SSSR count). The maximum atomic E-state index is 4.39. The maximum absolute atomic E-state index is 4.39. The van der Waals surface area contributed by atoms with E-state index in [0.717, 1.165) is 19.4 Å². The number of hydrogen-bond acceptors (Lipinski definition) is 0. The first-order chi connectivity index (χ1) is 4.97. The standard InChI is InChI=1S/C9H10N/c1-2-6-9-8(4-1)5-3-7-10-9/h1,4-6H,2-3,7H2. The number of allylic oxidation sites excluding steroid dienone is 3. The van der Waals surface area contributed by atoms with Crippen LogP contribution in [-0.2, 0) is 0 Å². The second-order valence-electron chi connectivity index (χ2n) is 2.56. The summed E-state index contributed by atoms with van der Waals surface area (Å²) < 4.78 is 0. The van der Waals surface area contributed by atoms with Gasteiger partial charge < -0.3 is 0 Å². The van der Waals surface area contributed by atoms with E-state index in [1.165, 1.54) is 11.3 Å². The van der Waals surface area contributed by atoms with Crippen LogP contribution in [0, 0.1) is 0 Å². The molecule has 1 aliphatic carbocycles. The highest BCUT2D eigenvalue weighted by Gasteiger charge is 2.09. The molecule has 1 nitrogen and oxygen atoms in total. The van der Waals surface area contributed by atoms with Crippen LogP contribution in [-0.4, -0.2) is 6.54 Å². The molecule has 1 heterocycles. The van der Waals surface area contributed by atoms with Crippen LogP contribution in [0.5, 0.6) is 0 Å². The summed E-state index contributed by atoms with van der Waals surface area (Å²) in [6, 6.07) is 0. The number of fused-ring (bicyclic) bond motifs is 1. The molecule has 2 aliphatic rings. The Bertz CT molecular complexity index is 221. The van der Waals surface area contributed by atoms with Crippen molar-refractivity contribution >= 4 is 0 Å². The fraction of sp³-hybridized carbons (Fsp3) is 0.333. The first-order valence-electron chi connectivity index (χ1n) is 3.71. The van der Waals surface area contributed by atoms with Crippen LogP contribution in [0.15, 0.2) is 35.6 Å². The number of hydrogen-bond donors (Lipinski definition) is 0.